The Bertz CT molecular complexity index is 1610. The molecule has 0 heterocycles. The summed E-state index contributed by atoms with van der Waals surface area (Å²) < 4.78 is 68.2. The highest BCUT2D eigenvalue weighted by Gasteiger charge is 2.22. The highest BCUT2D eigenvalue weighted by atomic mass is 32.2. The van der Waals surface area contributed by atoms with Crippen molar-refractivity contribution < 1.29 is 31.5 Å². The van der Waals surface area contributed by atoms with E-state index in [1.54, 1.807) is 48.5 Å². The molecule has 8 nitrogen and oxygen atoms in total. The van der Waals surface area contributed by atoms with Crippen LogP contribution in [-0.2, 0) is 10.0 Å². The molecule has 0 spiro atoms. The number of carbonyl (C=O) groups excluding carboxylic acids is 1. The minimum absolute atomic E-state index is 0.00838. The van der Waals surface area contributed by atoms with Crippen LogP contribution in [0, 0.1) is 11.6 Å². The molecular formula is C29H27F2N3O5S. The van der Waals surface area contributed by atoms with Gasteiger partial charge in [0.25, 0.3) is 15.9 Å². The Hall–Kier alpha value is -4.64. The van der Waals surface area contributed by atoms with Gasteiger partial charge in [-0.05, 0) is 66.2 Å². The van der Waals surface area contributed by atoms with Crippen molar-refractivity contribution in [3.8, 4) is 22.6 Å². The fourth-order valence-corrected chi connectivity index (χ4v) is 5.21. The second-order valence-corrected chi connectivity index (χ2v) is 10.2. The average Bonchev–Trinajstić information content (AvgIpc) is 2.95. The number of hydrogen-bond acceptors (Lipinski definition) is 6. The number of benzene rings is 4. The Morgan fingerprint density at radius 1 is 0.800 bits per heavy atom. The lowest BCUT2D eigenvalue weighted by Gasteiger charge is -2.15. The van der Waals surface area contributed by atoms with E-state index < -0.39 is 21.7 Å². The zero-order valence-corrected chi connectivity index (χ0v) is 22.5. The van der Waals surface area contributed by atoms with Crippen LogP contribution in [0.25, 0.3) is 11.1 Å². The van der Waals surface area contributed by atoms with Crippen molar-refractivity contribution in [1.29, 1.82) is 0 Å². The molecule has 3 N–H and O–H groups in total. The molecule has 40 heavy (non-hydrogen) atoms. The van der Waals surface area contributed by atoms with E-state index >= 15 is 0 Å². The van der Waals surface area contributed by atoms with Gasteiger partial charge in [0.1, 0.15) is 28.0 Å². The van der Waals surface area contributed by atoms with E-state index in [2.05, 4.69) is 15.4 Å². The number of carbonyl (C=O) groups is 1. The van der Waals surface area contributed by atoms with Crippen molar-refractivity contribution in [2.75, 3.05) is 37.3 Å². The van der Waals surface area contributed by atoms with Crippen molar-refractivity contribution in [3.63, 3.8) is 0 Å². The van der Waals surface area contributed by atoms with Gasteiger partial charge in [0.2, 0.25) is 0 Å². The van der Waals surface area contributed by atoms with Crippen molar-refractivity contribution in [2.24, 2.45) is 0 Å². The normalized spacial score (nSPS) is 11.0. The first-order valence-electron chi connectivity index (χ1n) is 12.1. The maximum atomic E-state index is 14.4. The molecule has 0 unspecified atom stereocenters. The zero-order chi connectivity index (χ0) is 28.7. The molecule has 0 radical (unpaired) electrons. The lowest BCUT2D eigenvalue weighted by molar-refractivity contribution is 0.0955. The van der Waals surface area contributed by atoms with Crippen LogP contribution < -0.4 is 24.8 Å². The van der Waals surface area contributed by atoms with Crippen LogP contribution in [0.3, 0.4) is 0 Å². The molecule has 0 saturated heterocycles. The zero-order valence-electron chi connectivity index (χ0n) is 21.7. The van der Waals surface area contributed by atoms with Crippen molar-refractivity contribution in [1.82, 2.24) is 5.32 Å². The summed E-state index contributed by atoms with van der Waals surface area (Å²) in [6.07, 6.45) is 0. The van der Waals surface area contributed by atoms with Crippen LogP contribution in [0.1, 0.15) is 10.4 Å². The summed E-state index contributed by atoms with van der Waals surface area (Å²) >= 11 is 0. The van der Waals surface area contributed by atoms with Gasteiger partial charge in [-0.1, -0.05) is 24.3 Å². The molecule has 4 rings (SSSR count). The predicted octanol–water partition coefficient (Wildman–Crippen LogP) is 5.29. The SMILES string of the molecule is COc1cccc(C(=O)NCCNc2cccc(NS(=O)(=O)c3cc(-c4c(F)cccc4F)ccc3OC)c2)c1. The standard InChI is InChI=1S/C29H27F2N3O5S/c1-38-23-9-3-6-20(16-23)29(35)33-15-14-32-21-7-4-8-22(18-21)34-40(36,37)27-17-19(12-13-26(27)39-2)28-24(30)10-5-11-25(28)31/h3-13,16-18,32,34H,14-15H2,1-2H3,(H,33,35). The van der Waals surface area contributed by atoms with Gasteiger partial charge in [0.05, 0.1) is 25.5 Å². The third-order valence-corrected chi connectivity index (χ3v) is 7.29. The van der Waals surface area contributed by atoms with E-state index in [4.69, 9.17) is 9.47 Å². The van der Waals surface area contributed by atoms with E-state index in [9.17, 15) is 22.0 Å². The fraction of sp³-hybridized carbons (Fsp3) is 0.138. The smallest absolute Gasteiger partial charge is 0.265 e. The van der Waals surface area contributed by atoms with Crippen LogP contribution in [0.5, 0.6) is 11.5 Å². The lowest BCUT2D eigenvalue weighted by atomic mass is 10.0. The Balaban J connectivity index is 1.44. The molecule has 4 aromatic carbocycles. The van der Waals surface area contributed by atoms with Gasteiger partial charge in [0, 0.05) is 24.3 Å². The van der Waals surface area contributed by atoms with Gasteiger partial charge >= 0.3 is 0 Å². The van der Waals surface area contributed by atoms with Crippen molar-refractivity contribution >= 4 is 27.3 Å². The molecular weight excluding hydrogens is 540 g/mol. The molecule has 208 valence electrons. The number of ether oxygens (including phenoxy) is 2. The molecule has 0 aliphatic carbocycles. The molecule has 0 saturated carbocycles. The highest BCUT2D eigenvalue weighted by molar-refractivity contribution is 7.92. The van der Waals surface area contributed by atoms with Crippen LogP contribution in [0.15, 0.2) is 89.8 Å². The van der Waals surface area contributed by atoms with Crippen molar-refractivity contribution in [3.05, 3.63) is 102 Å². The summed E-state index contributed by atoms with van der Waals surface area (Å²) in [5.74, 6) is -1.31. The predicted molar refractivity (Wildman–Crippen MR) is 149 cm³/mol. The number of hydrogen-bond donors (Lipinski definition) is 3. The minimum atomic E-state index is -4.22. The lowest BCUT2D eigenvalue weighted by Crippen LogP contribution is -2.28. The van der Waals surface area contributed by atoms with Gasteiger partial charge in [0.15, 0.2) is 0 Å². The van der Waals surface area contributed by atoms with Gasteiger partial charge < -0.3 is 20.1 Å². The molecule has 0 aliphatic heterocycles. The van der Waals surface area contributed by atoms with E-state index in [-0.39, 0.29) is 33.4 Å². The number of halogens is 2. The summed E-state index contributed by atoms with van der Waals surface area (Å²) in [5, 5.41) is 5.92. The monoisotopic (exact) mass is 567 g/mol. The third-order valence-electron chi connectivity index (χ3n) is 5.89. The quantitative estimate of drug-likeness (QED) is 0.213. The van der Waals surface area contributed by atoms with Crippen molar-refractivity contribution in [2.45, 2.75) is 4.90 Å². The summed E-state index contributed by atoms with van der Waals surface area (Å²) in [6, 6.07) is 20.6. The number of sulfonamides is 1. The fourth-order valence-electron chi connectivity index (χ4n) is 3.97. The molecule has 0 bridgehead atoms. The molecule has 1 amide bonds. The van der Waals surface area contributed by atoms with E-state index in [1.807, 2.05) is 0 Å². The number of anilines is 2. The molecule has 0 aromatic heterocycles. The first kappa shape index (κ1) is 28.4. The van der Waals surface area contributed by atoms with Crippen LogP contribution in [0.2, 0.25) is 0 Å². The van der Waals surface area contributed by atoms with E-state index in [0.29, 0.717) is 30.1 Å². The second kappa shape index (κ2) is 12.5. The summed E-state index contributed by atoms with van der Waals surface area (Å²) in [7, 11) is -1.39. The first-order valence-corrected chi connectivity index (χ1v) is 13.6. The maximum Gasteiger partial charge on any atom is 0.265 e. The number of amides is 1. The Labute approximate surface area is 231 Å². The van der Waals surface area contributed by atoms with E-state index in [0.717, 1.165) is 18.2 Å². The Kier molecular flexibility index (Phi) is 8.85. The molecule has 0 aliphatic rings. The second-order valence-electron chi connectivity index (χ2n) is 8.56. The number of rotatable bonds is 11. The maximum absolute atomic E-state index is 14.4. The molecule has 0 atom stereocenters. The van der Waals surface area contributed by atoms with Gasteiger partial charge in [-0.2, -0.15) is 0 Å². The van der Waals surface area contributed by atoms with Gasteiger partial charge in [-0.3, -0.25) is 9.52 Å². The summed E-state index contributed by atoms with van der Waals surface area (Å²) in [4.78, 5) is 12.1. The summed E-state index contributed by atoms with van der Waals surface area (Å²) in [5.41, 5.74) is 1.02. The number of nitrogens with one attached hydrogen (secondary N) is 3. The van der Waals surface area contributed by atoms with Gasteiger partial charge in [-0.15, -0.1) is 0 Å². The Morgan fingerprint density at radius 2 is 1.50 bits per heavy atom. The van der Waals surface area contributed by atoms with Crippen LogP contribution in [-0.4, -0.2) is 41.6 Å². The number of methoxy groups -OCH3 is 2. The minimum Gasteiger partial charge on any atom is -0.497 e. The largest absolute Gasteiger partial charge is 0.497 e. The molecule has 0 fully saturated rings. The third kappa shape index (κ3) is 6.67. The summed E-state index contributed by atoms with van der Waals surface area (Å²) in [6.45, 7) is 0.679. The van der Waals surface area contributed by atoms with Crippen LogP contribution >= 0.6 is 0 Å². The van der Waals surface area contributed by atoms with Gasteiger partial charge in [-0.25, -0.2) is 17.2 Å². The Morgan fingerprint density at radius 3 is 2.23 bits per heavy atom. The molecule has 11 heteroatoms. The first-order chi connectivity index (χ1) is 19.2. The average molecular weight is 568 g/mol. The van der Waals surface area contributed by atoms with E-state index in [1.165, 1.54) is 32.4 Å². The molecule has 4 aromatic rings. The van der Waals surface area contributed by atoms with Crippen LogP contribution in [0.4, 0.5) is 20.2 Å². The highest BCUT2D eigenvalue weighted by Crippen LogP contribution is 2.33. The topological polar surface area (TPSA) is 106 Å².